The summed E-state index contributed by atoms with van der Waals surface area (Å²) < 4.78 is 1.85. The Bertz CT molecular complexity index is 1090. The molecule has 6 rings (SSSR count). The lowest BCUT2D eigenvalue weighted by Crippen LogP contribution is -2.41. The molecule has 3 aliphatic rings. The lowest BCUT2D eigenvalue weighted by atomic mass is 9.96. The second kappa shape index (κ2) is 7.64. The first-order valence-corrected chi connectivity index (χ1v) is 11.4. The Hall–Kier alpha value is -2.94. The molecule has 5 heterocycles. The third kappa shape index (κ3) is 3.56. The van der Waals surface area contributed by atoms with Gasteiger partial charge in [0.15, 0.2) is 17.5 Å². The predicted octanol–water partition coefficient (Wildman–Crippen LogP) is 2.74. The Morgan fingerprint density at radius 2 is 2.03 bits per heavy atom. The zero-order valence-electron chi connectivity index (χ0n) is 17.5. The molecule has 2 saturated heterocycles. The van der Waals surface area contributed by atoms with Crippen LogP contribution in [0, 0.1) is 5.92 Å². The maximum absolute atomic E-state index is 13.3. The Morgan fingerprint density at radius 1 is 1.16 bits per heavy atom. The fourth-order valence-electron chi connectivity index (χ4n) is 4.91. The summed E-state index contributed by atoms with van der Waals surface area (Å²) in [5, 5.41) is 19.1. The highest BCUT2D eigenvalue weighted by atomic mass is 16.2. The number of nitrogens with zero attached hydrogens (tertiary/aromatic N) is 5. The van der Waals surface area contributed by atoms with Crippen LogP contribution in [0.4, 0.5) is 11.6 Å². The third-order valence-corrected chi connectivity index (χ3v) is 6.79. The van der Waals surface area contributed by atoms with Crippen LogP contribution in [-0.2, 0) is 4.79 Å². The Balaban J connectivity index is 1.30. The van der Waals surface area contributed by atoms with E-state index < -0.39 is 0 Å². The number of fused-ring (bicyclic) bond motifs is 1. The van der Waals surface area contributed by atoms with Crippen molar-refractivity contribution in [2.24, 2.45) is 5.92 Å². The molecule has 1 amide bonds. The highest BCUT2D eigenvalue weighted by Crippen LogP contribution is 2.40. The number of nitrogens with one attached hydrogen (secondary N) is 3. The quantitative estimate of drug-likeness (QED) is 0.586. The van der Waals surface area contributed by atoms with E-state index in [1.54, 1.807) is 0 Å². The molecule has 0 unspecified atom stereocenters. The zero-order valence-corrected chi connectivity index (χ0v) is 17.5. The number of aromatic amines is 1. The number of H-pyrrole nitrogens is 1. The Kier molecular flexibility index (Phi) is 4.63. The maximum atomic E-state index is 13.3. The summed E-state index contributed by atoms with van der Waals surface area (Å²) in [5.41, 5.74) is 2.08. The van der Waals surface area contributed by atoms with Gasteiger partial charge in [-0.05, 0) is 63.7 Å². The van der Waals surface area contributed by atoms with Gasteiger partial charge in [-0.1, -0.05) is 0 Å². The first-order valence-electron chi connectivity index (χ1n) is 11.4. The molecule has 3 N–H and O–H groups in total. The van der Waals surface area contributed by atoms with E-state index in [2.05, 4.69) is 26.9 Å². The summed E-state index contributed by atoms with van der Waals surface area (Å²) in [7, 11) is 0. The van der Waals surface area contributed by atoms with Gasteiger partial charge in [-0.25, -0.2) is 9.50 Å². The van der Waals surface area contributed by atoms with Crippen molar-refractivity contribution in [1.29, 1.82) is 0 Å². The first-order chi connectivity index (χ1) is 15.3. The fraction of sp³-hybridized carbons (Fsp3) is 0.545. The summed E-state index contributed by atoms with van der Waals surface area (Å²) in [4.78, 5) is 20.2. The van der Waals surface area contributed by atoms with Gasteiger partial charge in [0.2, 0.25) is 5.91 Å². The topological polar surface area (TPSA) is 103 Å². The van der Waals surface area contributed by atoms with Crippen molar-refractivity contribution in [1.82, 2.24) is 35.0 Å². The van der Waals surface area contributed by atoms with Crippen molar-refractivity contribution < 1.29 is 4.79 Å². The minimum atomic E-state index is -0.0732. The van der Waals surface area contributed by atoms with Crippen LogP contribution in [0.3, 0.4) is 0 Å². The van der Waals surface area contributed by atoms with Gasteiger partial charge in [0.05, 0.1) is 6.04 Å². The molecule has 0 radical (unpaired) electrons. The van der Waals surface area contributed by atoms with Crippen molar-refractivity contribution in [3.05, 3.63) is 35.9 Å². The summed E-state index contributed by atoms with van der Waals surface area (Å²) in [6.45, 7) is 2.62. The molecule has 9 heteroatoms. The summed E-state index contributed by atoms with van der Waals surface area (Å²) in [6.07, 6.45) is 8.09. The maximum Gasteiger partial charge on any atom is 0.226 e. The van der Waals surface area contributed by atoms with Gasteiger partial charge < -0.3 is 15.5 Å². The molecule has 1 atom stereocenters. The lowest BCUT2D eigenvalue weighted by Gasteiger charge is -2.30. The number of carbonyl (C=O) groups excluding carboxylic acids is 1. The van der Waals surface area contributed by atoms with Crippen LogP contribution in [0.15, 0.2) is 24.4 Å². The van der Waals surface area contributed by atoms with Gasteiger partial charge in [-0.15, -0.1) is 0 Å². The number of carbonyl (C=O) groups is 1. The third-order valence-electron chi connectivity index (χ3n) is 6.79. The normalized spacial score (nSPS) is 22.3. The number of likely N-dealkylation sites (tertiary alicyclic amines) is 1. The fourth-order valence-corrected chi connectivity index (χ4v) is 4.91. The standard InChI is InChI=1S/C22H28N8O/c31-22(15-7-9-23-10-8-15)29-11-1-3-17(29)21-25-20(18-4-2-12-30(18)28-21)24-19-13-16(26-27-19)14-5-6-14/h2,4,12-15,17,23H,1,3,5-11H2,(H2,24,25,26,27,28)/t17-/m0/s1. The molecule has 3 fully saturated rings. The molecule has 3 aromatic heterocycles. The van der Waals surface area contributed by atoms with Crippen LogP contribution in [0.25, 0.3) is 5.52 Å². The average Bonchev–Trinajstić information content (AvgIpc) is 3.20. The van der Waals surface area contributed by atoms with Crippen LogP contribution < -0.4 is 10.6 Å². The smallest absolute Gasteiger partial charge is 0.226 e. The van der Waals surface area contributed by atoms with Crippen LogP contribution >= 0.6 is 0 Å². The largest absolute Gasteiger partial charge is 0.332 e. The average molecular weight is 421 g/mol. The van der Waals surface area contributed by atoms with E-state index in [1.807, 2.05) is 27.7 Å². The predicted molar refractivity (Wildman–Crippen MR) is 116 cm³/mol. The molecule has 0 spiro atoms. The zero-order chi connectivity index (χ0) is 20.8. The van der Waals surface area contributed by atoms with E-state index in [4.69, 9.17) is 10.1 Å². The minimum absolute atomic E-state index is 0.0732. The van der Waals surface area contributed by atoms with Gasteiger partial charge in [-0.2, -0.15) is 10.2 Å². The van der Waals surface area contributed by atoms with Crippen molar-refractivity contribution >= 4 is 23.1 Å². The van der Waals surface area contributed by atoms with Crippen molar-refractivity contribution in [2.45, 2.75) is 50.5 Å². The lowest BCUT2D eigenvalue weighted by molar-refractivity contribution is -0.137. The van der Waals surface area contributed by atoms with E-state index in [0.717, 1.165) is 62.5 Å². The summed E-state index contributed by atoms with van der Waals surface area (Å²) in [6, 6.07) is 5.95. The molecule has 162 valence electrons. The first kappa shape index (κ1) is 18.8. The number of aromatic nitrogens is 5. The van der Waals surface area contributed by atoms with Gasteiger partial charge in [0.25, 0.3) is 0 Å². The summed E-state index contributed by atoms with van der Waals surface area (Å²) in [5.74, 6) is 3.18. The number of rotatable bonds is 5. The van der Waals surface area contributed by atoms with Gasteiger partial charge in [0, 0.05) is 36.3 Å². The molecule has 1 saturated carbocycles. The van der Waals surface area contributed by atoms with E-state index >= 15 is 0 Å². The van der Waals surface area contributed by atoms with E-state index in [0.29, 0.717) is 11.7 Å². The Labute approximate surface area is 180 Å². The van der Waals surface area contributed by atoms with E-state index in [1.165, 1.54) is 18.5 Å². The molecular formula is C22H28N8O. The highest BCUT2D eigenvalue weighted by Gasteiger charge is 2.36. The van der Waals surface area contributed by atoms with Crippen molar-refractivity contribution in [2.75, 3.05) is 25.0 Å². The molecule has 1 aliphatic carbocycles. The van der Waals surface area contributed by atoms with Crippen LogP contribution in [0.5, 0.6) is 0 Å². The monoisotopic (exact) mass is 420 g/mol. The van der Waals surface area contributed by atoms with Crippen LogP contribution in [-0.4, -0.2) is 55.2 Å². The van der Waals surface area contributed by atoms with E-state index in [9.17, 15) is 4.79 Å². The number of anilines is 2. The molecule has 9 nitrogen and oxygen atoms in total. The molecule has 0 aromatic carbocycles. The number of piperidine rings is 1. The van der Waals surface area contributed by atoms with E-state index in [-0.39, 0.29) is 17.9 Å². The molecule has 0 bridgehead atoms. The number of hydrogen-bond donors (Lipinski definition) is 3. The summed E-state index contributed by atoms with van der Waals surface area (Å²) >= 11 is 0. The minimum Gasteiger partial charge on any atom is -0.332 e. The molecule has 31 heavy (non-hydrogen) atoms. The number of amides is 1. The SMILES string of the molecule is O=C(C1CCNCC1)N1CCC[C@H]1c1nc(Nc2cc(C3CC3)[nH]n2)c2cccn2n1. The van der Waals surface area contributed by atoms with Gasteiger partial charge in [-0.3, -0.25) is 9.89 Å². The van der Waals surface area contributed by atoms with Gasteiger partial charge in [0.1, 0.15) is 5.52 Å². The van der Waals surface area contributed by atoms with Crippen LogP contribution in [0.2, 0.25) is 0 Å². The second-order valence-electron chi connectivity index (χ2n) is 8.98. The number of hydrogen-bond acceptors (Lipinski definition) is 6. The van der Waals surface area contributed by atoms with Gasteiger partial charge >= 0.3 is 0 Å². The van der Waals surface area contributed by atoms with Crippen LogP contribution in [0.1, 0.15) is 62.0 Å². The van der Waals surface area contributed by atoms with Crippen molar-refractivity contribution in [3.8, 4) is 0 Å². The Morgan fingerprint density at radius 3 is 2.87 bits per heavy atom. The molecule has 3 aromatic rings. The molecular weight excluding hydrogens is 392 g/mol. The molecule has 2 aliphatic heterocycles. The van der Waals surface area contributed by atoms with Crippen molar-refractivity contribution in [3.63, 3.8) is 0 Å². The highest BCUT2D eigenvalue weighted by molar-refractivity contribution is 5.80. The second-order valence-corrected chi connectivity index (χ2v) is 8.98.